The standard InChI is InChI=1S/C16H22N2OS/c1-2-11-17-12-16(19)18-13-7-9-15(10-8-13)20-14-5-3-4-6-14/h2,7-10,14,17H,1,3-6,11-12H2,(H,18,19). The topological polar surface area (TPSA) is 41.1 Å². The van der Waals surface area contributed by atoms with Crippen LogP contribution >= 0.6 is 11.8 Å². The van der Waals surface area contributed by atoms with E-state index in [1.807, 2.05) is 23.9 Å². The molecular weight excluding hydrogens is 268 g/mol. The fraction of sp³-hybridized carbons (Fsp3) is 0.438. The molecule has 1 saturated carbocycles. The molecule has 1 fully saturated rings. The van der Waals surface area contributed by atoms with Gasteiger partial charge in [0.05, 0.1) is 6.54 Å². The van der Waals surface area contributed by atoms with Crippen LogP contribution in [0, 0.1) is 0 Å². The van der Waals surface area contributed by atoms with Crippen LogP contribution in [0.4, 0.5) is 5.69 Å². The van der Waals surface area contributed by atoms with Crippen molar-refractivity contribution in [2.45, 2.75) is 35.8 Å². The van der Waals surface area contributed by atoms with Crippen molar-refractivity contribution >= 4 is 23.4 Å². The number of hydrogen-bond donors (Lipinski definition) is 2. The first-order valence-electron chi connectivity index (χ1n) is 7.16. The lowest BCUT2D eigenvalue weighted by molar-refractivity contribution is -0.115. The molecular formula is C16H22N2OS. The molecule has 0 radical (unpaired) electrons. The van der Waals surface area contributed by atoms with Crippen LogP contribution in [0.2, 0.25) is 0 Å². The second-order valence-corrected chi connectivity index (χ2v) is 6.39. The predicted octanol–water partition coefficient (Wildman–Crippen LogP) is 3.44. The Bertz CT molecular complexity index is 438. The molecule has 2 N–H and O–H groups in total. The van der Waals surface area contributed by atoms with Gasteiger partial charge in [-0.05, 0) is 37.1 Å². The van der Waals surface area contributed by atoms with E-state index >= 15 is 0 Å². The molecule has 1 aliphatic rings. The Balaban J connectivity index is 1.78. The number of nitrogens with one attached hydrogen (secondary N) is 2. The maximum atomic E-state index is 11.6. The van der Waals surface area contributed by atoms with Crippen LogP contribution in [0.15, 0.2) is 41.8 Å². The van der Waals surface area contributed by atoms with Crippen LogP contribution < -0.4 is 10.6 Å². The highest BCUT2D eigenvalue weighted by Gasteiger charge is 2.15. The Morgan fingerprint density at radius 2 is 2.00 bits per heavy atom. The van der Waals surface area contributed by atoms with Gasteiger partial charge in [-0.25, -0.2) is 0 Å². The van der Waals surface area contributed by atoms with Crippen molar-refractivity contribution in [3.63, 3.8) is 0 Å². The van der Waals surface area contributed by atoms with Crippen molar-refractivity contribution in [3.05, 3.63) is 36.9 Å². The van der Waals surface area contributed by atoms with Gasteiger partial charge in [-0.2, -0.15) is 0 Å². The second kappa shape index (κ2) is 8.12. The van der Waals surface area contributed by atoms with Gasteiger partial charge in [0.15, 0.2) is 0 Å². The maximum absolute atomic E-state index is 11.6. The van der Waals surface area contributed by atoms with Gasteiger partial charge in [-0.1, -0.05) is 18.9 Å². The lowest BCUT2D eigenvalue weighted by atomic mass is 10.3. The summed E-state index contributed by atoms with van der Waals surface area (Å²) in [5, 5.41) is 6.63. The first kappa shape index (κ1) is 15.1. The van der Waals surface area contributed by atoms with E-state index in [2.05, 4.69) is 29.3 Å². The van der Waals surface area contributed by atoms with Gasteiger partial charge < -0.3 is 10.6 Å². The number of hydrogen-bond acceptors (Lipinski definition) is 3. The highest BCUT2D eigenvalue weighted by molar-refractivity contribution is 8.00. The second-order valence-electron chi connectivity index (χ2n) is 5.02. The highest BCUT2D eigenvalue weighted by atomic mass is 32.2. The summed E-state index contributed by atoms with van der Waals surface area (Å²) in [7, 11) is 0. The Kier molecular flexibility index (Phi) is 6.15. The minimum atomic E-state index is -0.0250. The average Bonchev–Trinajstić information content (AvgIpc) is 2.94. The van der Waals surface area contributed by atoms with Gasteiger partial charge in [0.1, 0.15) is 0 Å². The van der Waals surface area contributed by atoms with E-state index in [9.17, 15) is 4.79 Å². The Morgan fingerprint density at radius 1 is 1.30 bits per heavy atom. The molecule has 1 aromatic carbocycles. The SMILES string of the molecule is C=CCNCC(=O)Nc1ccc(SC2CCCC2)cc1. The van der Waals surface area contributed by atoms with Crippen LogP contribution in [0.5, 0.6) is 0 Å². The molecule has 0 atom stereocenters. The number of rotatable bonds is 7. The summed E-state index contributed by atoms with van der Waals surface area (Å²) in [6, 6.07) is 8.14. The third kappa shape index (κ3) is 5.02. The number of amides is 1. The minimum Gasteiger partial charge on any atom is -0.325 e. The molecule has 20 heavy (non-hydrogen) atoms. The molecule has 1 aliphatic carbocycles. The van der Waals surface area contributed by atoms with Crippen molar-refractivity contribution in [3.8, 4) is 0 Å². The number of benzene rings is 1. The molecule has 0 saturated heterocycles. The van der Waals surface area contributed by atoms with E-state index in [0.717, 1.165) is 10.9 Å². The average molecular weight is 290 g/mol. The van der Waals surface area contributed by atoms with Gasteiger partial charge in [0, 0.05) is 22.4 Å². The highest BCUT2D eigenvalue weighted by Crippen LogP contribution is 2.34. The fourth-order valence-electron chi connectivity index (χ4n) is 2.31. The van der Waals surface area contributed by atoms with Crippen LogP contribution in [-0.2, 0) is 4.79 Å². The molecule has 0 aliphatic heterocycles. The minimum absolute atomic E-state index is 0.0250. The van der Waals surface area contributed by atoms with E-state index in [1.54, 1.807) is 6.08 Å². The Labute approximate surface area is 125 Å². The Hall–Kier alpha value is -1.26. The van der Waals surface area contributed by atoms with Crippen molar-refractivity contribution in [1.82, 2.24) is 5.32 Å². The van der Waals surface area contributed by atoms with Gasteiger partial charge in [0.2, 0.25) is 5.91 Å². The lowest BCUT2D eigenvalue weighted by Crippen LogP contribution is -2.28. The molecule has 3 nitrogen and oxygen atoms in total. The molecule has 1 amide bonds. The molecule has 0 bridgehead atoms. The molecule has 1 aromatic rings. The van der Waals surface area contributed by atoms with Crippen molar-refractivity contribution in [2.24, 2.45) is 0 Å². The summed E-state index contributed by atoms with van der Waals surface area (Å²) in [6.45, 7) is 4.55. The maximum Gasteiger partial charge on any atom is 0.238 e. The summed E-state index contributed by atoms with van der Waals surface area (Å²) >= 11 is 1.96. The number of carbonyl (C=O) groups is 1. The zero-order valence-corrected chi connectivity index (χ0v) is 12.5. The third-order valence-corrected chi connectivity index (χ3v) is 4.67. The molecule has 0 unspecified atom stereocenters. The van der Waals surface area contributed by atoms with Crippen molar-refractivity contribution < 1.29 is 4.79 Å². The van der Waals surface area contributed by atoms with Crippen LogP contribution in [0.25, 0.3) is 0 Å². The number of thioether (sulfide) groups is 1. The normalized spacial score (nSPS) is 15.2. The smallest absolute Gasteiger partial charge is 0.238 e. The lowest BCUT2D eigenvalue weighted by Gasteiger charge is -2.10. The van der Waals surface area contributed by atoms with E-state index < -0.39 is 0 Å². The van der Waals surface area contributed by atoms with E-state index in [4.69, 9.17) is 0 Å². The fourth-order valence-corrected chi connectivity index (χ4v) is 3.56. The zero-order valence-electron chi connectivity index (χ0n) is 11.7. The van der Waals surface area contributed by atoms with Crippen LogP contribution in [0.3, 0.4) is 0 Å². The molecule has 0 heterocycles. The predicted molar refractivity (Wildman–Crippen MR) is 86.3 cm³/mol. The summed E-state index contributed by atoms with van der Waals surface area (Å²) in [6.07, 6.45) is 7.13. The number of carbonyl (C=O) groups excluding carboxylic acids is 1. The Morgan fingerprint density at radius 3 is 2.65 bits per heavy atom. The van der Waals surface area contributed by atoms with Crippen LogP contribution in [0.1, 0.15) is 25.7 Å². The molecule has 108 valence electrons. The van der Waals surface area contributed by atoms with Gasteiger partial charge in [-0.3, -0.25) is 4.79 Å². The quantitative estimate of drug-likeness (QED) is 0.597. The third-order valence-electron chi connectivity index (χ3n) is 3.32. The van der Waals surface area contributed by atoms with E-state index in [1.165, 1.54) is 30.6 Å². The summed E-state index contributed by atoms with van der Waals surface area (Å²) in [5.41, 5.74) is 0.853. The van der Waals surface area contributed by atoms with E-state index in [0.29, 0.717) is 13.1 Å². The van der Waals surface area contributed by atoms with Gasteiger partial charge >= 0.3 is 0 Å². The number of anilines is 1. The zero-order chi connectivity index (χ0) is 14.2. The molecule has 2 rings (SSSR count). The van der Waals surface area contributed by atoms with Gasteiger partial charge in [-0.15, -0.1) is 18.3 Å². The van der Waals surface area contributed by atoms with Crippen molar-refractivity contribution in [2.75, 3.05) is 18.4 Å². The molecule has 4 heteroatoms. The first-order valence-corrected chi connectivity index (χ1v) is 8.04. The first-order chi connectivity index (χ1) is 9.78. The monoisotopic (exact) mass is 290 g/mol. The van der Waals surface area contributed by atoms with Crippen molar-refractivity contribution in [1.29, 1.82) is 0 Å². The van der Waals surface area contributed by atoms with E-state index in [-0.39, 0.29) is 5.91 Å². The summed E-state index contributed by atoms with van der Waals surface area (Å²) < 4.78 is 0. The molecule has 0 spiro atoms. The summed E-state index contributed by atoms with van der Waals surface area (Å²) in [5.74, 6) is -0.0250. The summed E-state index contributed by atoms with van der Waals surface area (Å²) in [4.78, 5) is 12.9. The molecule has 0 aromatic heterocycles. The van der Waals surface area contributed by atoms with Gasteiger partial charge in [0.25, 0.3) is 0 Å². The van der Waals surface area contributed by atoms with Crippen LogP contribution in [-0.4, -0.2) is 24.2 Å². The largest absolute Gasteiger partial charge is 0.325 e.